The van der Waals surface area contributed by atoms with E-state index in [0.717, 1.165) is 33.0 Å². The van der Waals surface area contributed by atoms with E-state index in [-0.39, 0.29) is 18.0 Å². The summed E-state index contributed by atoms with van der Waals surface area (Å²) in [5.41, 5.74) is 3.89. The number of benzene rings is 2. The van der Waals surface area contributed by atoms with Crippen LogP contribution in [0, 0.1) is 5.82 Å². The third-order valence-corrected chi connectivity index (χ3v) is 6.99. The first kappa shape index (κ1) is 18.7. The molecular formula is C23H17FN4OS2. The fraction of sp³-hybridized carbons (Fsp3) is 0.130. The summed E-state index contributed by atoms with van der Waals surface area (Å²) in [4.78, 5) is 5.83. The van der Waals surface area contributed by atoms with Gasteiger partial charge < -0.3 is 10.1 Å². The van der Waals surface area contributed by atoms with Crippen LogP contribution in [0.2, 0.25) is 0 Å². The maximum Gasteiger partial charge on any atom is 0.227 e. The molecule has 2 atom stereocenters. The monoisotopic (exact) mass is 448 g/mol. The molecule has 8 heteroatoms. The Morgan fingerprint density at radius 1 is 1.10 bits per heavy atom. The number of fused-ring (bicyclic) bond motifs is 3. The number of para-hydroxylation sites is 1. The standard InChI is InChI=1S/C23H17FN4OS2/c1-30-23-26-22-25-19-15-5-2-3-6-16(15)29-21(13-8-10-14(24)11-9-13)18(19)20(28(22)27-23)17-7-4-12-31-17/h2-12,20-21H,1H3,(H,25,26,27)/t20-,21-/m1/s1. The molecule has 0 amide bonds. The van der Waals surface area contributed by atoms with Gasteiger partial charge in [0.15, 0.2) is 0 Å². The Labute approximate surface area is 186 Å². The minimum absolute atomic E-state index is 0.178. The molecule has 2 aromatic carbocycles. The Kier molecular flexibility index (Phi) is 4.36. The molecule has 1 N–H and O–H groups in total. The van der Waals surface area contributed by atoms with Crippen LogP contribution in [-0.2, 0) is 0 Å². The van der Waals surface area contributed by atoms with Crippen LogP contribution < -0.4 is 10.1 Å². The summed E-state index contributed by atoms with van der Waals surface area (Å²) in [5.74, 6) is 1.22. The molecule has 0 spiro atoms. The van der Waals surface area contributed by atoms with Gasteiger partial charge in [0.2, 0.25) is 11.1 Å². The number of thioether (sulfide) groups is 1. The van der Waals surface area contributed by atoms with Gasteiger partial charge in [-0.25, -0.2) is 9.07 Å². The van der Waals surface area contributed by atoms with Crippen molar-refractivity contribution in [1.29, 1.82) is 0 Å². The van der Waals surface area contributed by atoms with Crippen LogP contribution in [0.4, 0.5) is 10.3 Å². The van der Waals surface area contributed by atoms with Crippen molar-refractivity contribution in [2.75, 3.05) is 11.6 Å². The van der Waals surface area contributed by atoms with Crippen molar-refractivity contribution in [2.45, 2.75) is 17.3 Å². The van der Waals surface area contributed by atoms with Crippen molar-refractivity contribution in [2.24, 2.45) is 0 Å². The normalized spacial score (nSPS) is 19.2. The third kappa shape index (κ3) is 2.97. The van der Waals surface area contributed by atoms with Crippen molar-refractivity contribution >= 4 is 34.7 Å². The van der Waals surface area contributed by atoms with Crippen molar-refractivity contribution in [3.05, 3.63) is 93.4 Å². The van der Waals surface area contributed by atoms with Crippen LogP contribution in [0.25, 0.3) is 5.70 Å². The van der Waals surface area contributed by atoms with Crippen LogP contribution in [0.5, 0.6) is 5.75 Å². The molecule has 154 valence electrons. The van der Waals surface area contributed by atoms with Gasteiger partial charge in [0, 0.05) is 16.0 Å². The summed E-state index contributed by atoms with van der Waals surface area (Å²) >= 11 is 3.18. The average Bonchev–Trinajstić information content (AvgIpc) is 3.47. The molecule has 0 aliphatic carbocycles. The number of nitrogens with zero attached hydrogens (tertiary/aromatic N) is 3. The van der Waals surface area contributed by atoms with Gasteiger partial charge in [0.1, 0.15) is 23.7 Å². The highest BCUT2D eigenvalue weighted by molar-refractivity contribution is 7.98. The lowest BCUT2D eigenvalue weighted by molar-refractivity contribution is 0.223. The van der Waals surface area contributed by atoms with Gasteiger partial charge in [-0.3, -0.25) is 0 Å². The highest BCUT2D eigenvalue weighted by Crippen LogP contribution is 2.51. The molecule has 0 fully saturated rings. The van der Waals surface area contributed by atoms with E-state index in [4.69, 9.17) is 9.84 Å². The van der Waals surface area contributed by atoms with Gasteiger partial charge in [-0.1, -0.05) is 42.1 Å². The van der Waals surface area contributed by atoms with Crippen molar-refractivity contribution < 1.29 is 9.13 Å². The SMILES string of the molecule is CSc1nc2n(n1)[C@H](c1cccs1)C1=C(N2)c2ccccc2O[C@@H]1c1ccc(F)cc1. The molecule has 0 unspecified atom stereocenters. The van der Waals surface area contributed by atoms with E-state index in [1.54, 1.807) is 23.5 Å². The van der Waals surface area contributed by atoms with E-state index in [9.17, 15) is 4.39 Å². The van der Waals surface area contributed by atoms with E-state index in [0.29, 0.717) is 11.1 Å². The lowest BCUT2D eigenvalue weighted by Gasteiger charge is -2.38. The molecule has 2 aliphatic heterocycles. The molecule has 2 aliphatic rings. The Bertz CT molecular complexity index is 1300. The van der Waals surface area contributed by atoms with Crippen LogP contribution >= 0.6 is 23.1 Å². The van der Waals surface area contributed by atoms with Crippen molar-refractivity contribution in [3.8, 4) is 5.75 Å². The zero-order chi connectivity index (χ0) is 20.9. The Morgan fingerprint density at radius 2 is 1.94 bits per heavy atom. The zero-order valence-corrected chi connectivity index (χ0v) is 18.1. The molecule has 4 aromatic rings. The average molecular weight is 449 g/mol. The molecule has 4 heterocycles. The summed E-state index contributed by atoms with van der Waals surface area (Å²) in [6.07, 6.45) is 1.58. The molecule has 0 radical (unpaired) electrons. The summed E-state index contributed by atoms with van der Waals surface area (Å²) in [7, 11) is 0. The number of ether oxygens (including phenoxy) is 1. The zero-order valence-electron chi connectivity index (χ0n) is 16.4. The number of thiophene rings is 1. The van der Waals surface area contributed by atoms with Crippen LogP contribution in [0.1, 0.15) is 28.1 Å². The summed E-state index contributed by atoms with van der Waals surface area (Å²) < 4.78 is 22.1. The molecule has 0 bridgehead atoms. The third-order valence-electron chi connectivity index (χ3n) is 5.53. The van der Waals surface area contributed by atoms with Crippen molar-refractivity contribution in [1.82, 2.24) is 14.8 Å². The number of aromatic nitrogens is 3. The van der Waals surface area contributed by atoms with Crippen LogP contribution in [-0.4, -0.2) is 21.0 Å². The fourth-order valence-electron chi connectivity index (χ4n) is 4.18. The van der Waals surface area contributed by atoms with E-state index in [1.807, 2.05) is 41.3 Å². The first-order valence-electron chi connectivity index (χ1n) is 9.79. The van der Waals surface area contributed by atoms with Crippen molar-refractivity contribution in [3.63, 3.8) is 0 Å². The molecule has 31 heavy (non-hydrogen) atoms. The van der Waals surface area contributed by atoms with Crippen LogP contribution in [0.15, 0.2) is 76.8 Å². The second kappa shape index (κ2) is 7.25. The fourth-order valence-corrected chi connectivity index (χ4v) is 5.35. The summed E-state index contributed by atoms with van der Waals surface area (Å²) in [6, 6.07) is 18.5. The Hall–Kier alpha value is -3.10. The quantitative estimate of drug-likeness (QED) is 0.404. The second-order valence-electron chi connectivity index (χ2n) is 7.29. The maximum atomic E-state index is 13.7. The minimum atomic E-state index is -0.389. The smallest absolute Gasteiger partial charge is 0.227 e. The first-order valence-corrected chi connectivity index (χ1v) is 11.9. The molecule has 5 nitrogen and oxygen atoms in total. The predicted octanol–water partition coefficient (Wildman–Crippen LogP) is 5.76. The Morgan fingerprint density at radius 3 is 2.71 bits per heavy atom. The van der Waals surface area contributed by atoms with E-state index in [2.05, 4.69) is 21.7 Å². The first-order chi connectivity index (χ1) is 15.2. The van der Waals surface area contributed by atoms with Gasteiger partial charge >= 0.3 is 0 Å². The minimum Gasteiger partial charge on any atom is -0.480 e. The predicted molar refractivity (Wildman–Crippen MR) is 121 cm³/mol. The maximum absolute atomic E-state index is 13.7. The molecule has 6 rings (SSSR count). The van der Waals surface area contributed by atoms with Gasteiger partial charge in [-0.15, -0.1) is 16.4 Å². The summed E-state index contributed by atoms with van der Waals surface area (Å²) in [5, 5.41) is 11.0. The lowest BCUT2D eigenvalue weighted by atomic mass is 9.87. The van der Waals surface area contributed by atoms with Gasteiger partial charge in [-0.2, -0.15) is 4.98 Å². The molecule has 0 saturated heterocycles. The molecular weight excluding hydrogens is 431 g/mol. The number of hydrogen-bond donors (Lipinski definition) is 1. The largest absolute Gasteiger partial charge is 0.480 e. The highest BCUT2D eigenvalue weighted by atomic mass is 32.2. The van der Waals surface area contributed by atoms with Gasteiger partial charge in [-0.05, 0) is 47.5 Å². The van der Waals surface area contributed by atoms with Crippen LogP contribution in [0.3, 0.4) is 0 Å². The van der Waals surface area contributed by atoms with Gasteiger partial charge in [0.25, 0.3) is 0 Å². The topological polar surface area (TPSA) is 52.0 Å². The number of anilines is 1. The summed E-state index contributed by atoms with van der Waals surface area (Å²) in [6.45, 7) is 0. The number of hydrogen-bond acceptors (Lipinski definition) is 6. The molecule has 0 saturated carbocycles. The molecule has 2 aromatic heterocycles. The number of rotatable bonds is 3. The second-order valence-corrected chi connectivity index (χ2v) is 9.04. The van der Waals surface area contributed by atoms with E-state index >= 15 is 0 Å². The number of halogens is 1. The van der Waals surface area contributed by atoms with E-state index in [1.165, 1.54) is 23.9 Å². The Balaban J connectivity index is 1.62. The lowest BCUT2D eigenvalue weighted by Crippen LogP contribution is -2.32. The highest BCUT2D eigenvalue weighted by Gasteiger charge is 2.41. The number of nitrogens with one attached hydrogen (secondary N) is 1. The van der Waals surface area contributed by atoms with E-state index < -0.39 is 0 Å². The van der Waals surface area contributed by atoms with Gasteiger partial charge in [0.05, 0.1) is 5.70 Å².